The molecule has 0 aliphatic carbocycles. The van der Waals surface area contributed by atoms with Gasteiger partial charge in [-0.05, 0) is 31.5 Å². The van der Waals surface area contributed by atoms with E-state index < -0.39 is 11.9 Å². The van der Waals surface area contributed by atoms with E-state index >= 15 is 0 Å². The van der Waals surface area contributed by atoms with Crippen LogP contribution in [0.1, 0.15) is 32.1 Å². The maximum atomic E-state index is 12.0. The van der Waals surface area contributed by atoms with Gasteiger partial charge in [-0.3, -0.25) is 9.78 Å². The number of amides is 1. The molecule has 0 radical (unpaired) electrons. The Balaban J connectivity index is 2.26. The van der Waals surface area contributed by atoms with Crippen LogP contribution in [0, 0.1) is 13.8 Å². The first-order valence-electron chi connectivity index (χ1n) is 5.63. The van der Waals surface area contributed by atoms with Crippen molar-refractivity contribution in [2.45, 2.75) is 13.8 Å². The molecule has 2 aromatic heterocycles. The van der Waals surface area contributed by atoms with Gasteiger partial charge in [-0.15, -0.1) is 0 Å². The number of nitrogens with zero attached hydrogens (tertiary/aromatic N) is 1. The number of aromatic amines is 1. The molecule has 2 rings (SSSR count). The highest BCUT2D eigenvalue weighted by Crippen LogP contribution is 2.18. The van der Waals surface area contributed by atoms with Gasteiger partial charge in [0.25, 0.3) is 5.91 Å². The zero-order chi connectivity index (χ0) is 14.0. The number of aryl methyl sites for hydroxylation is 2. The topological polar surface area (TPSA) is 95.1 Å². The smallest absolute Gasteiger partial charge is 0.354 e. The van der Waals surface area contributed by atoms with Crippen molar-refractivity contribution in [1.82, 2.24) is 9.97 Å². The van der Waals surface area contributed by atoms with Gasteiger partial charge in [0.2, 0.25) is 0 Å². The number of pyridine rings is 1. The molecular formula is C13H13N3O3. The average Bonchev–Trinajstić information content (AvgIpc) is 2.70. The number of nitrogens with one attached hydrogen (secondary N) is 2. The Morgan fingerprint density at radius 2 is 2.00 bits per heavy atom. The van der Waals surface area contributed by atoms with Crippen molar-refractivity contribution in [3.05, 3.63) is 47.0 Å². The maximum Gasteiger partial charge on any atom is 0.354 e. The molecule has 6 nitrogen and oxygen atoms in total. The van der Waals surface area contributed by atoms with Gasteiger partial charge in [-0.2, -0.15) is 0 Å². The highest BCUT2D eigenvalue weighted by atomic mass is 16.4. The van der Waals surface area contributed by atoms with Crippen molar-refractivity contribution in [1.29, 1.82) is 0 Å². The molecule has 98 valence electrons. The molecule has 0 saturated carbocycles. The molecule has 6 heteroatoms. The molecule has 1 amide bonds. The van der Waals surface area contributed by atoms with E-state index in [1.807, 2.05) is 6.92 Å². The van der Waals surface area contributed by atoms with Gasteiger partial charge in [-0.25, -0.2) is 4.79 Å². The third-order valence-electron chi connectivity index (χ3n) is 2.55. The van der Waals surface area contributed by atoms with E-state index in [4.69, 9.17) is 5.11 Å². The Morgan fingerprint density at radius 3 is 2.63 bits per heavy atom. The largest absolute Gasteiger partial charge is 0.477 e. The fourth-order valence-corrected chi connectivity index (χ4v) is 1.73. The summed E-state index contributed by atoms with van der Waals surface area (Å²) in [5.41, 5.74) is 2.12. The van der Waals surface area contributed by atoms with Crippen LogP contribution in [0.25, 0.3) is 0 Å². The number of hydrogen-bond acceptors (Lipinski definition) is 3. The average molecular weight is 259 g/mol. The standard InChI is InChI=1S/C13H13N3O3/c1-7-3-9(6-14-5-7)12(17)16-10-4-8(2)15-11(10)13(18)19/h3-6,15H,1-2H3,(H,16,17)(H,18,19). The molecule has 2 heterocycles. The zero-order valence-corrected chi connectivity index (χ0v) is 10.5. The van der Waals surface area contributed by atoms with Gasteiger partial charge < -0.3 is 15.4 Å². The third-order valence-corrected chi connectivity index (χ3v) is 2.55. The first-order chi connectivity index (χ1) is 8.97. The summed E-state index contributed by atoms with van der Waals surface area (Å²) in [5.74, 6) is -1.51. The van der Waals surface area contributed by atoms with Gasteiger partial charge in [0.05, 0.1) is 11.3 Å². The van der Waals surface area contributed by atoms with Crippen LogP contribution >= 0.6 is 0 Å². The molecule has 0 saturated heterocycles. The van der Waals surface area contributed by atoms with Crippen molar-refractivity contribution in [3.8, 4) is 0 Å². The van der Waals surface area contributed by atoms with E-state index in [9.17, 15) is 9.59 Å². The van der Waals surface area contributed by atoms with Crippen LogP contribution in [-0.2, 0) is 0 Å². The lowest BCUT2D eigenvalue weighted by atomic mass is 10.2. The van der Waals surface area contributed by atoms with Gasteiger partial charge in [0, 0.05) is 18.1 Å². The van der Waals surface area contributed by atoms with E-state index in [1.54, 1.807) is 25.3 Å². The molecular weight excluding hydrogens is 246 g/mol. The van der Waals surface area contributed by atoms with Crippen molar-refractivity contribution in [2.75, 3.05) is 5.32 Å². The number of H-pyrrole nitrogens is 1. The number of carbonyl (C=O) groups is 2. The van der Waals surface area contributed by atoms with Crippen LogP contribution in [0.15, 0.2) is 24.5 Å². The minimum atomic E-state index is -1.12. The fourth-order valence-electron chi connectivity index (χ4n) is 1.73. The minimum Gasteiger partial charge on any atom is -0.477 e. The summed E-state index contributed by atoms with van der Waals surface area (Å²) >= 11 is 0. The second kappa shape index (κ2) is 4.93. The fraction of sp³-hybridized carbons (Fsp3) is 0.154. The quantitative estimate of drug-likeness (QED) is 0.785. The Labute approximate surface area is 109 Å². The van der Waals surface area contributed by atoms with Crippen LogP contribution in [-0.4, -0.2) is 27.0 Å². The van der Waals surface area contributed by atoms with Crippen LogP contribution < -0.4 is 5.32 Å². The van der Waals surface area contributed by atoms with Gasteiger partial charge in [0.15, 0.2) is 0 Å². The lowest BCUT2D eigenvalue weighted by Crippen LogP contribution is -2.14. The second-order valence-electron chi connectivity index (χ2n) is 4.25. The second-order valence-corrected chi connectivity index (χ2v) is 4.25. The summed E-state index contributed by atoms with van der Waals surface area (Å²) in [6, 6.07) is 3.26. The summed E-state index contributed by atoms with van der Waals surface area (Å²) in [5, 5.41) is 11.6. The van der Waals surface area contributed by atoms with Crippen molar-refractivity contribution in [2.24, 2.45) is 0 Å². The van der Waals surface area contributed by atoms with Crippen LogP contribution in [0.2, 0.25) is 0 Å². The number of carboxylic acid groups (broad SMARTS) is 1. The van der Waals surface area contributed by atoms with E-state index in [-0.39, 0.29) is 11.4 Å². The Morgan fingerprint density at radius 1 is 1.26 bits per heavy atom. The van der Waals surface area contributed by atoms with E-state index in [2.05, 4.69) is 15.3 Å². The number of aromatic nitrogens is 2. The number of aromatic carboxylic acids is 1. The molecule has 2 aromatic rings. The molecule has 19 heavy (non-hydrogen) atoms. The first kappa shape index (κ1) is 12.8. The monoisotopic (exact) mass is 259 g/mol. The van der Waals surface area contributed by atoms with Crippen molar-refractivity contribution in [3.63, 3.8) is 0 Å². The molecule has 0 spiro atoms. The summed E-state index contributed by atoms with van der Waals surface area (Å²) in [6.45, 7) is 3.54. The number of carboxylic acids is 1. The van der Waals surface area contributed by atoms with Crippen LogP contribution in [0.5, 0.6) is 0 Å². The number of carbonyl (C=O) groups excluding carboxylic acids is 1. The summed E-state index contributed by atoms with van der Waals surface area (Å²) < 4.78 is 0. The van der Waals surface area contributed by atoms with Gasteiger partial charge in [-0.1, -0.05) is 0 Å². The molecule has 0 unspecified atom stereocenters. The molecule has 0 aliphatic rings. The molecule has 0 bridgehead atoms. The number of rotatable bonds is 3. The van der Waals surface area contributed by atoms with Crippen molar-refractivity contribution >= 4 is 17.6 Å². The molecule has 3 N–H and O–H groups in total. The summed E-state index contributed by atoms with van der Waals surface area (Å²) in [7, 11) is 0. The first-order valence-corrected chi connectivity index (χ1v) is 5.63. The highest BCUT2D eigenvalue weighted by molar-refractivity contribution is 6.07. The minimum absolute atomic E-state index is 0.0357. The summed E-state index contributed by atoms with van der Waals surface area (Å²) in [6.07, 6.45) is 3.07. The SMILES string of the molecule is Cc1cncc(C(=O)Nc2cc(C)[nH]c2C(=O)O)c1. The Hall–Kier alpha value is -2.63. The number of hydrogen-bond donors (Lipinski definition) is 3. The van der Waals surface area contributed by atoms with Crippen molar-refractivity contribution < 1.29 is 14.7 Å². The molecule has 0 atom stereocenters. The van der Waals surface area contributed by atoms with E-state index in [1.165, 1.54) is 6.20 Å². The zero-order valence-electron chi connectivity index (χ0n) is 10.5. The maximum absolute atomic E-state index is 12.0. The highest BCUT2D eigenvalue weighted by Gasteiger charge is 2.16. The third kappa shape index (κ3) is 2.79. The van der Waals surface area contributed by atoms with E-state index in [0.29, 0.717) is 11.3 Å². The van der Waals surface area contributed by atoms with Gasteiger partial charge >= 0.3 is 5.97 Å². The predicted molar refractivity (Wildman–Crippen MR) is 69.4 cm³/mol. The Kier molecular flexibility index (Phi) is 3.33. The summed E-state index contributed by atoms with van der Waals surface area (Å²) in [4.78, 5) is 29.6. The lowest BCUT2D eigenvalue weighted by Gasteiger charge is -2.04. The Bertz CT molecular complexity index is 646. The lowest BCUT2D eigenvalue weighted by molar-refractivity contribution is 0.0692. The van der Waals surface area contributed by atoms with E-state index in [0.717, 1.165) is 5.56 Å². The van der Waals surface area contributed by atoms with Crippen LogP contribution in [0.3, 0.4) is 0 Å². The molecule has 0 fully saturated rings. The molecule has 0 aliphatic heterocycles. The molecule has 0 aromatic carbocycles. The normalized spacial score (nSPS) is 10.2. The predicted octanol–water partition coefficient (Wildman–Crippen LogP) is 1.98. The van der Waals surface area contributed by atoms with Crippen LogP contribution in [0.4, 0.5) is 5.69 Å². The van der Waals surface area contributed by atoms with Gasteiger partial charge in [0.1, 0.15) is 5.69 Å². The number of anilines is 1.